The second-order valence-corrected chi connectivity index (χ2v) is 10.5. The number of anilines is 2. The second-order valence-electron chi connectivity index (χ2n) is 7.77. The number of hydrogen-bond acceptors (Lipinski definition) is 5. The molecule has 32 heavy (non-hydrogen) atoms. The average molecular weight is 498 g/mol. The number of fused-ring (bicyclic) bond motifs is 1. The Morgan fingerprint density at radius 2 is 2.03 bits per heavy atom. The van der Waals surface area contributed by atoms with E-state index in [0.717, 1.165) is 5.56 Å². The number of rotatable bonds is 4. The predicted octanol–water partition coefficient (Wildman–Crippen LogP) is 3.67. The van der Waals surface area contributed by atoms with Gasteiger partial charge in [-0.25, -0.2) is 8.42 Å². The van der Waals surface area contributed by atoms with Gasteiger partial charge >= 0.3 is 0 Å². The summed E-state index contributed by atoms with van der Waals surface area (Å²) in [4.78, 5) is 24.2. The summed E-state index contributed by atoms with van der Waals surface area (Å²) in [6, 6.07) is 7.87. The Morgan fingerprint density at radius 1 is 1.25 bits per heavy atom. The number of piperidine rings is 1. The number of carbonyl (C=O) groups is 2. The number of benzene rings is 2. The van der Waals surface area contributed by atoms with Crippen LogP contribution >= 0.6 is 23.2 Å². The summed E-state index contributed by atoms with van der Waals surface area (Å²) in [5.41, 5.74) is 1.77. The van der Waals surface area contributed by atoms with Crippen molar-refractivity contribution >= 4 is 56.4 Å². The van der Waals surface area contributed by atoms with Gasteiger partial charge in [-0.15, -0.1) is 0 Å². The lowest BCUT2D eigenvalue weighted by atomic mass is 9.98. The van der Waals surface area contributed by atoms with Gasteiger partial charge < -0.3 is 15.4 Å². The SMILES string of the molecule is Cc1ccc(Cl)cc1NC(=O)C1CCCN(S(=O)(=O)c2cc3c(cc2Cl)NC(=O)CO3)C1. The summed E-state index contributed by atoms with van der Waals surface area (Å²) in [5.74, 6) is -0.902. The highest BCUT2D eigenvalue weighted by Gasteiger charge is 2.35. The summed E-state index contributed by atoms with van der Waals surface area (Å²) in [7, 11) is -3.99. The standard InChI is InChI=1S/C21H21Cl2N3O5S/c1-12-4-5-14(22)7-16(12)25-21(28)13-3-2-6-26(10-13)32(29,30)19-9-18-17(8-15(19)23)24-20(27)11-31-18/h4-5,7-9,13H,2-3,6,10-11H2,1H3,(H,24,27)(H,25,28). The first-order valence-electron chi connectivity index (χ1n) is 9.98. The molecule has 4 rings (SSSR count). The van der Waals surface area contributed by atoms with E-state index in [2.05, 4.69) is 10.6 Å². The molecule has 170 valence electrons. The minimum Gasteiger partial charge on any atom is -0.482 e. The summed E-state index contributed by atoms with van der Waals surface area (Å²) in [5, 5.41) is 5.92. The first-order chi connectivity index (χ1) is 15.1. The fourth-order valence-electron chi connectivity index (χ4n) is 3.76. The number of hydrogen-bond donors (Lipinski definition) is 2. The van der Waals surface area contributed by atoms with Crippen molar-refractivity contribution in [1.82, 2.24) is 4.31 Å². The van der Waals surface area contributed by atoms with E-state index in [4.69, 9.17) is 27.9 Å². The Hall–Kier alpha value is -2.33. The number of sulfonamides is 1. The third-order valence-corrected chi connectivity index (χ3v) is 8.06. The van der Waals surface area contributed by atoms with Crippen LogP contribution in [-0.4, -0.2) is 44.2 Å². The van der Waals surface area contributed by atoms with Crippen LogP contribution < -0.4 is 15.4 Å². The lowest BCUT2D eigenvalue weighted by Crippen LogP contribution is -2.43. The Morgan fingerprint density at radius 3 is 2.81 bits per heavy atom. The Balaban J connectivity index is 1.54. The van der Waals surface area contributed by atoms with E-state index in [1.165, 1.54) is 16.4 Å². The molecule has 1 atom stereocenters. The molecule has 0 saturated carbocycles. The highest BCUT2D eigenvalue weighted by atomic mass is 35.5. The Kier molecular flexibility index (Phi) is 6.35. The van der Waals surface area contributed by atoms with Crippen molar-refractivity contribution in [3.8, 4) is 5.75 Å². The maximum atomic E-state index is 13.3. The highest BCUT2D eigenvalue weighted by Crippen LogP contribution is 2.37. The van der Waals surface area contributed by atoms with E-state index < -0.39 is 15.9 Å². The lowest BCUT2D eigenvalue weighted by Gasteiger charge is -2.32. The van der Waals surface area contributed by atoms with Gasteiger partial charge in [0.1, 0.15) is 10.6 Å². The molecular weight excluding hydrogens is 477 g/mol. The van der Waals surface area contributed by atoms with Crippen molar-refractivity contribution < 1.29 is 22.7 Å². The summed E-state index contributed by atoms with van der Waals surface area (Å²) in [6.45, 7) is 1.95. The van der Waals surface area contributed by atoms with Crippen LogP contribution in [0.25, 0.3) is 0 Å². The van der Waals surface area contributed by atoms with Crippen LogP contribution in [0, 0.1) is 12.8 Å². The Bertz CT molecular complexity index is 1200. The smallest absolute Gasteiger partial charge is 0.262 e. The van der Waals surface area contributed by atoms with E-state index in [9.17, 15) is 18.0 Å². The normalized spacial score (nSPS) is 19.0. The molecule has 2 aromatic rings. The highest BCUT2D eigenvalue weighted by molar-refractivity contribution is 7.89. The first kappa shape index (κ1) is 22.8. The van der Waals surface area contributed by atoms with Crippen LogP contribution in [0.5, 0.6) is 5.75 Å². The van der Waals surface area contributed by atoms with Gasteiger partial charge in [0.15, 0.2) is 6.61 Å². The van der Waals surface area contributed by atoms with Crippen molar-refractivity contribution in [3.05, 3.63) is 45.9 Å². The van der Waals surface area contributed by atoms with Gasteiger partial charge in [-0.05, 0) is 43.5 Å². The third kappa shape index (κ3) is 4.56. The van der Waals surface area contributed by atoms with Crippen molar-refractivity contribution in [3.63, 3.8) is 0 Å². The molecule has 1 fully saturated rings. The molecule has 2 N–H and O–H groups in total. The number of amides is 2. The number of nitrogens with one attached hydrogen (secondary N) is 2. The zero-order valence-corrected chi connectivity index (χ0v) is 19.5. The molecule has 2 aliphatic heterocycles. The molecule has 0 radical (unpaired) electrons. The number of aryl methyl sites for hydroxylation is 1. The molecule has 2 aliphatic rings. The number of carbonyl (C=O) groups excluding carboxylic acids is 2. The average Bonchev–Trinajstić information content (AvgIpc) is 2.75. The molecule has 0 spiro atoms. The predicted molar refractivity (Wildman–Crippen MR) is 122 cm³/mol. The van der Waals surface area contributed by atoms with Gasteiger partial charge in [0, 0.05) is 29.9 Å². The molecule has 2 heterocycles. The molecule has 2 amide bonds. The van der Waals surface area contributed by atoms with E-state index in [0.29, 0.717) is 29.2 Å². The molecule has 2 aromatic carbocycles. The van der Waals surface area contributed by atoms with Crippen molar-refractivity contribution in [2.75, 3.05) is 30.3 Å². The van der Waals surface area contributed by atoms with Crippen LogP contribution in [0.4, 0.5) is 11.4 Å². The molecule has 1 saturated heterocycles. The monoisotopic (exact) mass is 497 g/mol. The number of halogens is 2. The minimum absolute atomic E-state index is 0.0266. The van der Waals surface area contributed by atoms with Crippen LogP contribution in [0.1, 0.15) is 18.4 Å². The molecule has 8 nitrogen and oxygen atoms in total. The largest absolute Gasteiger partial charge is 0.482 e. The van der Waals surface area contributed by atoms with Crippen molar-refractivity contribution in [2.45, 2.75) is 24.7 Å². The maximum Gasteiger partial charge on any atom is 0.262 e. The van der Waals surface area contributed by atoms with E-state index in [1.54, 1.807) is 18.2 Å². The summed E-state index contributed by atoms with van der Waals surface area (Å²) < 4.78 is 33.3. The number of ether oxygens (including phenoxy) is 1. The zero-order valence-electron chi connectivity index (χ0n) is 17.2. The molecule has 1 unspecified atom stereocenters. The quantitative estimate of drug-likeness (QED) is 0.670. The van der Waals surface area contributed by atoms with Crippen LogP contribution in [0.2, 0.25) is 10.0 Å². The summed E-state index contributed by atoms with van der Waals surface area (Å²) in [6.07, 6.45) is 1.09. The van der Waals surface area contributed by atoms with E-state index >= 15 is 0 Å². The topological polar surface area (TPSA) is 105 Å². The third-order valence-electron chi connectivity index (χ3n) is 5.50. The van der Waals surface area contributed by atoms with Crippen molar-refractivity contribution in [1.29, 1.82) is 0 Å². The first-order valence-corrected chi connectivity index (χ1v) is 12.2. The van der Waals surface area contributed by atoms with E-state index in [1.807, 2.05) is 6.92 Å². The van der Waals surface area contributed by atoms with Crippen LogP contribution in [-0.2, 0) is 19.6 Å². The van der Waals surface area contributed by atoms with E-state index in [-0.39, 0.29) is 47.2 Å². The fourth-order valence-corrected chi connectivity index (χ4v) is 5.97. The zero-order chi connectivity index (χ0) is 23.0. The van der Waals surface area contributed by atoms with Crippen LogP contribution in [0.3, 0.4) is 0 Å². The van der Waals surface area contributed by atoms with Crippen LogP contribution in [0.15, 0.2) is 35.2 Å². The number of nitrogens with zero attached hydrogens (tertiary/aromatic N) is 1. The fraction of sp³-hybridized carbons (Fsp3) is 0.333. The molecule has 0 aliphatic carbocycles. The maximum absolute atomic E-state index is 13.3. The summed E-state index contributed by atoms with van der Waals surface area (Å²) >= 11 is 12.3. The van der Waals surface area contributed by atoms with Gasteiger partial charge in [0.05, 0.1) is 16.6 Å². The second kappa shape index (κ2) is 8.90. The molecule has 11 heteroatoms. The van der Waals surface area contributed by atoms with Gasteiger partial charge in [-0.3, -0.25) is 9.59 Å². The lowest BCUT2D eigenvalue weighted by molar-refractivity contribution is -0.121. The van der Waals surface area contributed by atoms with Crippen molar-refractivity contribution in [2.24, 2.45) is 5.92 Å². The minimum atomic E-state index is -3.99. The molecular formula is C21H21Cl2N3O5S. The Labute approximate surface area is 195 Å². The van der Waals surface area contributed by atoms with Gasteiger partial charge in [0.2, 0.25) is 15.9 Å². The van der Waals surface area contributed by atoms with Gasteiger partial charge in [-0.1, -0.05) is 29.3 Å². The van der Waals surface area contributed by atoms with Gasteiger partial charge in [0.25, 0.3) is 5.91 Å². The molecule has 0 bridgehead atoms. The van der Waals surface area contributed by atoms with Gasteiger partial charge in [-0.2, -0.15) is 4.31 Å². The molecule has 0 aromatic heterocycles.